The lowest BCUT2D eigenvalue weighted by Gasteiger charge is -2.55. The summed E-state index contributed by atoms with van der Waals surface area (Å²) in [7, 11) is 0. The van der Waals surface area contributed by atoms with Gasteiger partial charge < -0.3 is 0 Å². The van der Waals surface area contributed by atoms with Crippen molar-refractivity contribution < 1.29 is 9.59 Å². The number of para-hydroxylation sites is 1. The molecule has 4 aliphatic rings. The summed E-state index contributed by atoms with van der Waals surface area (Å²) in [6, 6.07) is 9.37. The SMILES string of the molecule is CC(C)[C@]12C=C[C@@](C)(CC1)[C@H]1C(=O)N(c3ccccc3)C(=O)[C@@H]12. The van der Waals surface area contributed by atoms with E-state index in [-0.39, 0.29) is 34.5 Å². The van der Waals surface area contributed by atoms with Crippen molar-refractivity contribution >= 4 is 17.5 Å². The Bertz CT molecular complexity index is 708. The molecule has 2 amide bonds. The molecule has 0 spiro atoms. The Hall–Kier alpha value is -1.90. The number of carbonyl (C=O) groups excluding carboxylic acids is 2. The van der Waals surface area contributed by atoms with E-state index in [1.807, 2.05) is 30.3 Å². The molecule has 1 saturated carbocycles. The van der Waals surface area contributed by atoms with E-state index < -0.39 is 0 Å². The molecule has 1 aromatic carbocycles. The molecule has 2 bridgehead atoms. The van der Waals surface area contributed by atoms with Crippen molar-refractivity contribution in [1.82, 2.24) is 0 Å². The number of fused-ring (bicyclic) bond motifs is 1. The number of benzene rings is 1. The Labute approximate surface area is 137 Å². The lowest BCUT2D eigenvalue weighted by atomic mass is 9.46. The molecule has 120 valence electrons. The van der Waals surface area contributed by atoms with E-state index in [0.717, 1.165) is 12.8 Å². The standard InChI is InChI=1S/C20H23NO2/c1-13(2)20-11-9-19(3,10-12-20)15-16(20)18(23)21(17(15)22)14-7-5-4-6-8-14/h4-9,11,13,15-16H,10,12H2,1-3H3/t15-,16-,19+,20+/m1/s1. The number of amides is 2. The van der Waals surface area contributed by atoms with E-state index in [0.29, 0.717) is 11.6 Å². The van der Waals surface area contributed by atoms with Gasteiger partial charge >= 0.3 is 0 Å². The van der Waals surface area contributed by atoms with E-state index in [9.17, 15) is 9.59 Å². The van der Waals surface area contributed by atoms with Crippen molar-refractivity contribution in [3.8, 4) is 0 Å². The zero-order chi connectivity index (χ0) is 16.4. The summed E-state index contributed by atoms with van der Waals surface area (Å²) in [5, 5.41) is 0. The molecule has 0 N–H and O–H groups in total. The molecule has 23 heavy (non-hydrogen) atoms. The van der Waals surface area contributed by atoms with E-state index in [1.165, 1.54) is 4.90 Å². The van der Waals surface area contributed by atoms with Crippen LogP contribution in [0.15, 0.2) is 42.5 Å². The van der Waals surface area contributed by atoms with Crippen molar-refractivity contribution in [2.24, 2.45) is 28.6 Å². The highest BCUT2D eigenvalue weighted by Crippen LogP contribution is 2.64. The minimum atomic E-state index is -0.212. The fourth-order valence-electron chi connectivity index (χ4n) is 5.06. The van der Waals surface area contributed by atoms with Gasteiger partial charge in [-0.25, -0.2) is 0 Å². The molecule has 3 heteroatoms. The van der Waals surface area contributed by atoms with Gasteiger partial charge in [0, 0.05) is 5.41 Å². The summed E-state index contributed by atoms with van der Waals surface area (Å²) in [6.45, 7) is 6.50. The molecule has 3 aliphatic carbocycles. The predicted molar refractivity (Wildman–Crippen MR) is 89.7 cm³/mol. The van der Waals surface area contributed by atoms with E-state index in [4.69, 9.17) is 0 Å². The van der Waals surface area contributed by atoms with Gasteiger partial charge in [0.1, 0.15) is 0 Å². The topological polar surface area (TPSA) is 37.4 Å². The number of anilines is 1. The van der Waals surface area contributed by atoms with Crippen molar-refractivity contribution in [2.75, 3.05) is 4.90 Å². The molecule has 4 atom stereocenters. The molecule has 0 aromatic heterocycles. The molecule has 0 radical (unpaired) electrons. The van der Waals surface area contributed by atoms with Crippen molar-refractivity contribution in [3.63, 3.8) is 0 Å². The minimum absolute atomic E-state index is 0.00447. The maximum absolute atomic E-state index is 13.3. The van der Waals surface area contributed by atoms with Gasteiger partial charge in [0.2, 0.25) is 11.8 Å². The highest BCUT2D eigenvalue weighted by Gasteiger charge is 2.67. The van der Waals surface area contributed by atoms with E-state index in [2.05, 4.69) is 32.9 Å². The Kier molecular flexibility index (Phi) is 2.91. The smallest absolute Gasteiger partial charge is 0.238 e. The number of allylic oxidation sites excluding steroid dienone is 2. The van der Waals surface area contributed by atoms with E-state index >= 15 is 0 Å². The van der Waals surface area contributed by atoms with Crippen LogP contribution >= 0.6 is 0 Å². The summed E-state index contributed by atoms with van der Waals surface area (Å²) in [5.41, 5.74) is 0.356. The van der Waals surface area contributed by atoms with Crippen molar-refractivity contribution in [1.29, 1.82) is 0 Å². The fraction of sp³-hybridized carbons (Fsp3) is 0.500. The Morgan fingerprint density at radius 3 is 2.22 bits per heavy atom. The van der Waals surface area contributed by atoms with Crippen LogP contribution in [0, 0.1) is 28.6 Å². The van der Waals surface area contributed by atoms with Gasteiger partial charge in [0.05, 0.1) is 17.5 Å². The fourth-order valence-corrected chi connectivity index (χ4v) is 5.06. The van der Waals surface area contributed by atoms with Crippen LogP contribution in [-0.4, -0.2) is 11.8 Å². The maximum atomic E-state index is 13.3. The number of carbonyl (C=O) groups is 2. The monoisotopic (exact) mass is 309 g/mol. The van der Waals surface area contributed by atoms with Crippen LogP contribution in [0.25, 0.3) is 0 Å². The Morgan fingerprint density at radius 1 is 1.00 bits per heavy atom. The summed E-state index contributed by atoms with van der Waals surface area (Å²) in [4.78, 5) is 27.9. The highest BCUT2D eigenvalue weighted by atomic mass is 16.2. The van der Waals surface area contributed by atoms with Gasteiger partial charge in [-0.15, -0.1) is 0 Å². The number of imide groups is 1. The molecule has 0 unspecified atom stereocenters. The zero-order valence-corrected chi connectivity index (χ0v) is 14.0. The first-order chi connectivity index (χ1) is 10.9. The van der Waals surface area contributed by atoms with Crippen LogP contribution in [-0.2, 0) is 9.59 Å². The summed E-state index contributed by atoms with van der Waals surface area (Å²) in [6.07, 6.45) is 6.46. The van der Waals surface area contributed by atoms with E-state index in [1.54, 1.807) is 0 Å². The summed E-state index contributed by atoms with van der Waals surface area (Å²) in [5.74, 6) is -0.0863. The van der Waals surface area contributed by atoms with Gasteiger partial charge in [-0.2, -0.15) is 0 Å². The molecule has 1 aliphatic heterocycles. The molecule has 5 rings (SSSR count). The number of hydrogen-bond donors (Lipinski definition) is 0. The second kappa shape index (κ2) is 4.56. The van der Waals surface area contributed by atoms with Crippen LogP contribution in [0.4, 0.5) is 5.69 Å². The maximum Gasteiger partial charge on any atom is 0.238 e. The third-order valence-electron chi connectivity index (χ3n) is 6.56. The average molecular weight is 309 g/mol. The molecule has 1 saturated heterocycles. The molecule has 1 aromatic rings. The quantitative estimate of drug-likeness (QED) is 0.615. The van der Waals surface area contributed by atoms with Crippen molar-refractivity contribution in [2.45, 2.75) is 33.6 Å². The van der Waals surface area contributed by atoms with Crippen LogP contribution < -0.4 is 4.90 Å². The van der Waals surface area contributed by atoms with Gasteiger partial charge in [0.15, 0.2) is 0 Å². The second-order valence-electron chi connectivity index (χ2n) is 7.91. The van der Waals surface area contributed by atoms with Crippen LogP contribution in [0.2, 0.25) is 0 Å². The summed E-state index contributed by atoms with van der Waals surface area (Å²) < 4.78 is 0. The molecule has 1 heterocycles. The van der Waals surface area contributed by atoms with Gasteiger partial charge in [-0.05, 0) is 36.3 Å². The first-order valence-corrected chi connectivity index (χ1v) is 8.54. The minimum Gasteiger partial charge on any atom is -0.274 e. The number of hydrogen-bond acceptors (Lipinski definition) is 2. The second-order valence-corrected chi connectivity index (χ2v) is 7.91. The van der Waals surface area contributed by atoms with Gasteiger partial charge in [0.25, 0.3) is 0 Å². The third kappa shape index (κ3) is 1.71. The largest absolute Gasteiger partial charge is 0.274 e. The lowest BCUT2D eigenvalue weighted by Crippen LogP contribution is -2.53. The predicted octanol–water partition coefficient (Wildman–Crippen LogP) is 3.80. The summed E-state index contributed by atoms with van der Waals surface area (Å²) >= 11 is 0. The first-order valence-electron chi connectivity index (χ1n) is 8.54. The molecule has 2 fully saturated rings. The van der Waals surface area contributed by atoms with Gasteiger partial charge in [-0.1, -0.05) is 51.1 Å². The zero-order valence-electron chi connectivity index (χ0n) is 14.0. The normalized spacial score (nSPS) is 38.5. The number of rotatable bonds is 2. The molecule has 3 nitrogen and oxygen atoms in total. The average Bonchev–Trinajstić information content (AvgIpc) is 2.83. The first kappa shape index (κ1) is 14.7. The van der Waals surface area contributed by atoms with Crippen LogP contribution in [0.1, 0.15) is 33.6 Å². The van der Waals surface area contributed by atoms with Crippen molar-refractivity contribution in [3.05, 3.63) is 42.5 Å². The molecular formula is C20H23NO2. The van der Waals surface area contributed by atoms with Crippen LogP contribution in [0.3, 0.4) is 0 Å². The number of nitrogens with zero attached hydrogens (tertiary/aromatic N) is 1. The van der Waals surface area contributed by atoms with Gasteiger partial charge in [-0.3, -0.25) is 14.5 Å². The highest BCUT2D eigenvalue weighted by molar-refractivity contribution is 6.23. The van der Waals surface area contributed by atoms with Crippen LogP contribution in [0.5, 0.6) is 0 Å². The Morgan fingerprint density at radius 2 is 1.65 bits per heavy atom. The Balaban J connectivity index is 1.86. The lowest BCUT2D eigenvalue weighted by molar-refractivity contribution is -0.135. The molecular weight excluding hydrogens is 286 g/mol. The third-order valence-corrected chi connectivity index (χ3v) is 6.56.